The van der Waals surface area contributed by atoms with Crippen LogP contribution in [0.25, 0.3) is 0 Å². The summed E-state index contributed by atoms with van der Waals surface area (Å²) in [5, 5.41) is 3.48. The number of rotatable bonds is 4. The largest absolute Gasteiger partial charge is 0.496 e. The molecule has 1 fully saturated rings. The second-order valence-electron chi connectivity index (χ2n) is 5.57. The van der Waals surface area contributed by atoms with Crippen LogP contribution in [0.3, 0.4) is 0 Å². The van der Waals surface area contributed by atoms with Crippen LogP contribution < -0.4 is 10.1 Å². The summed E-state index contributed by atoms with van der Waals surface area (Å²) in [4.78, 5) is 2.48. The number of aryl methyl sites for hydroxylation is 1. The van der Waals surface area contributed by atoms with E-state index in [1.54, 1.807) is 7.11 Å². The second kappa shape index (κ2) is 6.92. The van der Waals surface area contributed by atoms with Crippen molar-refractivity contribution in [2.45, 2.75) is 38.8 Å². The highest BCUT2D eigenvalue weighted by Gasteiger charge is 2.18. The quantitative estimate of drug-likeness (QED) is 0.902. The molecule has 3 heteroatoms. The first-order chi connectivity index (χ1) is 9.20. The number of nitrogens with zero attached hydrogens (tertiary/aromatic N) is 1. The standard InChI is InChI=1S/C16H26N2O/c1-13-6-7-16(19-3)14(11-13)12-18(2)15-5-4-9-17-10-8-15/h6-7,11,15,17H,4-5,8-10,12H2,1-3H3. The van der Waals surface area contributed by atoms with Crippen LogP contribution in [-0.4, -0.2) is 38.2 Å². The fourth-order valence-corrected chi connectivity index (χ4v) is 2.87. The molecule has 1 unspecified atom stereocenters. The smallest absolute Gasteiger partial charge is 0.123 e. The van der Waals surface area contributed by atoms with Gasteiger partial charge in [-0.05, 0) is 52.4 Å². The van der Waals surface area contributed by atoms with Crippen molar-refractivity contribution in [2.75, 3.05) is 27.2 Å². The topological polar surface area (TPSA) is 24.5 Å². The Morgan fingerprint density at radius 2 is 2.16 bits per heavy atom. The van der Waals surface area contributed by atoms with Crippen LogP contribution >= 0.6 is 0 Å². The van der Waals surface area contributed by atoms with Crippen molar-refractivity contribution in [2.24, 2.45) is 0 Å². The Hall–Kier alpha value is -1.06. The maximum atomic E-state index is 5.47. The highest BCUT2D eigenvalue weighted by atomic mass is 16.5. The van der Waals surface area contributed by atoms with Gasteiger partial charge >= 0.3 is 0 Å². The molecule has 1 saturated heterocycles. The van der Waals surface area contributed by atoms with Crippen LogP contribution in [0.5, 0.6) is 5.75 Å². The highest BCUT2D eigenvalue weighted by Crippen LogP contribution is 2.23. The summed E-state index contributed by atoms with van der Waals surface area (Å²) >= 11 is 0. The van der Waals surface area contributed by atoms with Crippen LogP contribution in [0.1, 0.15) is 30.4 Å². The molecule has 19 heavy (non-hydrogen) atoms. The lowest BCUT2D eigenvalue weighted by molar-refractivity contribution is 0.214. The lowest BCUT2D eigenvalue weighted by Gasteiger charge is -2.27. The van der Waals surface area contributed by atoms with Crippen molar-refractivity contribution in [1.29, 1.82) is 0 Å². The predicted molar refractivity (Wildman–Crippen MR) is 79.7 cm³/mol. The van der Waals surface area contributed by atoms with Gasteiger partial charge in [-0.3, -0.25) is 4.90 Å². The van der Waals surface area contributed by atoms with Gasteiger partial charge in [0.25, 0.3) is 0 Å². The average Bonchev–Trinajstić information content (AvgIpc) is 2.68. The molecule has 1 aliphatic heterocycles. The van der Waals surface area contributed by atoms with Crippen LogP contribution in [0.4, 0.5) is 0 Å². The first-order valence-corrected chi connectivity index (χ1v) is 7.25. The molecule has 0 aliphatic carbocycles. The van der Waals surface area contributed by atoms with Gasteiger partial charge in [0.05, 0.1) is 7.11 Å². The third-order valence-corrected chi connectivity index (χ3v) is 4.02. The minimum atomic E-state index is 0.681. The van der Waals surface area contributed by atoms with Gasteiger partial charge in [0, 0.05) is 18.2 Å². The third-order valence-electron chi connectivity index (χ3n) is 4.02. The molecule has 0 amide bonds. The SMILES string of the molecule is COc1ccc(C)cc1CN(C)C1CCCNCC1. The molecule has 0 radical (unpaired) electrons. The first-order valence-electron chi connectivity index (χ1n) is 7.25. The zero-order valence-electron chi connectivity index (χ0n) is 12.4. The maximum Gasteiger partial charge on any atom is 0.123 e. The third kappa shape index (κ3) is 3.95. The summed E-state index contributed by atoms with van der Waals surface area (Å²) in [6, 6.07) is 7.11. The van der Waals surface area contributed by atoms with E-state index in [1.807, 2.05) is 0 Å². The molecule has 2 rings (SSSR count). The fraction of sp³-hybridized carbons (Fsp3) is 0.625. The van der Waals surface area contributed by atoms with Gasteiger partial charge in [-0.25, -0.2) is 0 Å². The van der Waals surface area contributed by atoms with Crippen molar-refractivity contribution in [3.8, 4) is 5.75 Å². The molecule has 0 spiro atoms. The molecule has 1 aromatic carbocycles. The maximum absolute atomic E-state index is 5.47. The Kier molecular flexibility index (Phi) is 5.23. The molecule has 0 saturated carbocycles. The Balaban J connectivity index is 2.04. The van der Waals surface area contributed by atoms with Gasteiger partial charge in [0.15, 0.2) is 0 Å². The number of ether oxygens (including phenoxy) is 1. The Bertz CT molecular complexity index is 398. The van der Waals surface area contributed by atoms with E-state index in [0.29, 0.717) is 6.04 Å². The summed E-state index contributed by atoms with van der Waals surface area (Å²) in [6.07, 6.45) is 3.81. The number of hydrogen-bond acceptors (Lipinski definition) is 3. The van der Waals surface area contributed by atoms with E-state index >= 15 is 0 Å². The Labute approximate surface area is 116 Å². The molecule has 1 atom stereocenters. The molecule has 1 heterocycles. The summed E-state index contributed by atoms with van der Waals surface area (Å²) in [6.45, 7) is 5.41. The second-order valence-corrected chi connectivity index (χ2v) is 5.57. The van der Waals surface area contributed by atoms with E-state index in [9.17, 15) is 0 Å². The summed E-state index contributed by atoms with van der Waals surface area (Å²) in [7, 11) is 3.99. The molecule has 0 aromatic heterocycles. The number of hydrogen-bond donors (Lipinski definition) is 1. The molecule has 1 aliphatic rings. The van der Waals surface area contributed by atoms with Crippen LogP contribution in [0.15, 0.2) is 18.2 Å². The van der Waals surface area contributed by atoms with Crippen molar-refractivity contribution in [3.05, 3.63) is 29.3 Å². The van der Waals surface area contributed by atoms with Gasteiger partial charge in [-0.15, -0.1) is 0 Å². The van der Waals surface area contributed by atoms with E-state index < -0.39 is 0 Å². The fourth-order valence-electron chi connectivity index (χ4n) is 2.87. The zero-order chi connectivity index (χ0) is 13.7. The van der Waals surface area contributed by atoms with Gasteiger partial charge in [-0.2, -0.15) is 0 Å². The number of benzene rings is 1. The molecule has 1 aromatic rings. The highest BCUT2D eigenvalue weighted by molar-refractivity contribution is 5.36. The molecule has 106 valence electrons. The molecular formula is C16H26N2O. The summed E-state index contributed by atoms with van der Waals surface area (Å²) in [5.41, 5.74) is 2.59. The molecule has 1 N–H and O–H groups in total. The summed E-state index contributed by atoms with van der Waals surface area (Å²) in [5.74, 6) is 1.00. The van der Waals surface area contributed by atoms with Crippen LogP contribution in [0.2, 0.25) is 0 Å². The minimum absolute atomic E-state index is 0.681. The average molecular weight is 262 g/mol. The zero-order valence-corrected chi connectivity index (χ0v) is 12.4. The molecule has 0 bridgehead atoms. The Morgan fingerprint density at radius 3 is 2.95 bits per heavy atom. The monoisotopic (exact) mass is 262 g/mol. The van der Waals surface area contributed by atoms with Crippen LogP contribution in [-0.2, 0) is 6.54 Å². The van der Waals surface area contributed by atoms with Crippen molar-refractivity contribution in [1.82, 2.24) is 10.2 Å². The predicted octanol–water partition coefficient (Wildman–Crippen LogP) is 2.58. The first kappa shape index (κ1) is 14.4. The van der Waals surface area contributed by atoms with E-state index in [0.717, 1.165) is 25.4 Å². The van der Waals surface area contributed by atoms with Gasteiger partial charge in [0.2, 0.25) is 0 Å². The van der Waals surface area contributed by atoms with E-state index in [1.165, 1.54) is 30.4 Å². The normalized spacial score (nSPS) is 20.3. The lowest BCUT2D eigenvalue weighted by Crippen LogP contribution is -2.32. The van der Waals surface area contributed by atoms with Gasteiger partial charge in [-0.1, -0.05) is 17.7 Å². The van der Waals surface area contributed by atoms with Gasteiger partial charge < -0.3 is 10.1 Å². The lowest BCUT2D eigenvalue weighted by atomic mass is 10.1. The summed E-state index contributed by atoms with van der Waals surface area (Å²) < 4.78 is 5.47. The van der Waals surface area contributed by atoms with Crippen molar-refractivity contribution >= 4 is 0 Å². The molecular weight excluding hydrogens is 236 g/mol. The number of methoxy groups -OCH3 is 1. The van der Waals surface area contributed by atoms with Crippen LogP contribution in [0, 0.1) is 6.92 Å². The van der Waals surface area contributed by atoms with Crippen molar-refractivity contribution < 1.29 is 4.74 Å². The Morgan fingerprint density at radius 1 is 1.32 bits per heavy atom. The molecule has 3 nitrogen and oxygen atoms in total. The minimum Gasteiger partial charge on any atom is -0.496 e. The van der Waals surface area contributed by atoms with E-state index in [4.69, 9.17) is 4.74 Å². The van der Waals surface area contributed by atoms with Crippen molar-refractivity contribution in [3.63, 3.8) is 0 Å². The van der Waals surface area contributed by atoms with E-state index in [-0.39, 0.29) is 0 Å². The van der Waals surface area contributed by atoms with E-state index in [2.05, 4.69) is 42.4 Å². The number of nitrogens with one attached hydrogen (secondary N) is 1. The van der Waals surface area contributed by atoms with Gasteiger partial charge in [0.1, 0.15) is 5.75 Å².